The van der Waals surface area contributed by atoms with Crippen molar-refractivity contribution >= 4 is 5.97 Å². The Morgan fingerprint density at radius 3 is 2.47 bits per heavy atom. The van der Waals surface area contributed by atoms with Gasteiger partial charge in [0.2, 0.25) is 0 Å². The summed E-state index contributed by atoms with van der Waals surface area (Å²) in [5.74, 6) is -0.293. The molecular weight excluding hydrogens is 216 g/mol. The highest BCUT2D eigenvalue weighted by Gasteiger charge is 2.21. The lowest BCUT2D eigenvalue weighted by Gasteiger charge is -2.22. The van der Waals surface area contributed by atoms with Gasteiger partial charge in [-0.3, -0.25) is 4.79 Å². The van der Waals surface area contributed by atoms with Crippen molar-refractivity contribution in [1.29, 1.82) is 0 Å². The van der Waals surface area contributed by atoms with Crippen molar-refractivity contribution in [2.75, 3.05) is 13.1 Å². The van der Waals surface area contributed by atoms with Crippen LogP contribution in [-0.4, -0.2) is 30.7 Å². The van der Waals surface area contributed by atoms with Gasteiger partial charge in [0.05, 0.1) is 0 Å². The first-order valence-electron chi connectivity index (χ1n) is 6.56. The van der Waals surface area contributed by atoms with E-state index in [1.807, 2.05) is 20.8 Å². The molecule has 17 heavy (non-hydrogen) atoms. The van der Waals surface area contributed by atoms with Gasteiger partial charge in [-0.05, 0) is 53.1 Å². The van der Waals surface area contributed by atoms with Gasteiger partial charge in [0.25, 0.3) is 0 Å². The molecule has 1 atom stereocenters. The van der Waals surface area contributed by atoms with Crippen LogP contribution < -0.4 is 11.1 Å². The largest absolute Gasteiger partial charge is 0.459 e. The molecule has 0 saturated carbocycles. The molecule has 3 N–H and O–H groups in total. The van der Waals surface area contributed by atoms with Gasteiger partial charge in [0.15, 0.2) is 0 Å². The summed E-state index contributed by atoms with van der Waals surface area (Å²) in [6.07, 6.45) is 3.85. The van der Waals surface area contributed by atoms with Crippen LogP contribution in [0.4, 0.5) is 0 Å². The third-order valence-corrected chi connectivity index (χ3v) is 2.25. The fourth-order valence-electron chi connectivity index (χ4n) is 1.41. The maximum absolute atomic E-state index is 11.6. The number of nitrogens with one attached hydrogen (secondary N) is 1. The van der Waals surface area contributed by atoms with Crippen LogP contribution in [-0.2, 0) is 9.53 Å². The fourth-order valence-corrected chi connectivity index (χ4v) is 1.41. The monoisotopic (exact) mass is 244 g/mol. The lowest BCUT2D eigenvalue weighted by molar-refractivity contribution is -0.156. The summed E-state index contributed by atoms with van der Waals surface area (Å²) in [5.41, 5.74) is 5.32. The number of ether oxygens (including phenoxy) is 1. The van der Waals surface area contributed by atoms with E-state index in [0.29, 0.717) is 6.42 Å². The molecule has 0 rings (SSSR count). The van der Waals surface area contributed by atoms with Crippen LogP contribution >= 0.6 is 0 Å². The molecule has 0 aromatic heterocycles. The molecule has 0 aromatic rings. The minimum Gasteiger partial charge on any atom is -0.459 e. The maximum atomic E-state index is 11.6. The molecule has 0 aromatic carbocycles. The van der Waals surface area contributed by atoms with Crippen LogP contribution in [0.1, 0.15) is 53.4 Å². The molecular formula is C13H28N2O2. The molecule has 0 aliphatic carbocycles. The van der Waals surface area contributed by atoms with E-state index < -0.39 is 11.6 Å². The summed E-state index contributed by atoms with van der Waals surface area (Å²) in [6.45, 7) is 9.75. The van der Waals surface area contributed by atoms with E-state index in [0.717, 1.165) is 32.4 Å². The van der Waals surface area contributed by atoms with E-state index >= 15 is 0 Å². The number of nitrogens with two attached hydrogens (primary N) is 1. The third kappa shape index (κ3) is 10.3. The molecule has 4 heteroatoms. The molecule has 4 nitrogen and oxygen atoms in total. The van der Waals surface area contributed by atoms with Gasteiger partial charge in [0.1, 0.15) is 11.6 Å². The van der Waals surface area contributed by atoms with Crippen LogP contribution in [0.15, 0.2) is 0 Å². The fraction of sp³-hybridized carbons (Fsp3) is 0.923. The van der Waals surface area contributed by atoms with Crippen molar-refractivity contribution in [3.8, 4) is 0 Å². The van der Waals surface area contributed by atoms with E-state index in [1.165, 1.54) is 0 Å². The quantitative estimate of drug-likeness (QED) is 0.505. The molecule has 0 fully saturated rings. The first-order chi connectivity index (χ1) is 7.87. The zero-order valence-corrected chi connectivity index (χ0v) is 11.7. The van der Waals surface area contributed by atoms with E-state index in [1.54, 1.807) is 0 Å². The minimum absolute atomic E-state index is 0.293. The van der Waals surface area contributed by atoms with Crippen LogP contribution in [0, 0.1) is 0 Å². The van der Waals surface area contributed by atoms with Crippen molar-refractivity contribution in [3.05, 3.63) is 0 Å². The number of carbonyl (C=O) groups is 1. The van der Waals surface area contributed by atoms with Crippen molar-refractivity contribution in [3.63, 3.8) is 0 Å². The molecule has 0 heterocycles. The Bertz CT molecular complexity index is 212. The number of hydrogen-bond donors (Lipinski definition) is 2. The summed E-state index contributed by atoms with van der Waals surface area (Å²) in [7, 11) is 0. The predicted molar refractivity (Wildman–Crippen MR) is 70.8 cm³/mol. The zero-order valence-electron chi connectivity index (χ0n) is 11.7. The first-order valence-corrected chi connectivity index (χ1v) is 6.56. The average Bonchev–Trinajstić information content (AvgIpc) is 2.20. The van der Waals surface area contributed by atoms with Crippen molar-refractivity contribution < 1.29 is 9.53 Å². The molecule has 0 amide bonds. The predicted octanol–water partition coefficient (Wildman–Crippen LogP) is 1.83. The molecule has 0 spiro atoms. The number of rotatable bonds is 8. The van der Waals surface area contributed by atoms with Gasteiger partial charge in [0, 0.05) is 0 Å². The van der Waals surface area contributed by atoms with E-state index in [9.17, 15) is 4.79 Å². The Kier molecular flexibility index (Phi) is 8.17. The Hall–Kier alpha value is -0.610. The summed E-state index contributed by atoms with van der Waals surface area (Å²) in [6, 6.07) is -0.486. The second kappa shape index (κ2) is 8.48. The molecule has 0 aliphatic rings. The molecule has 102 valence electrons. The van der Waals surface area contributed by atoms with Crippen LogP contribution in [0.2, 0.25) is 0 Å². The highest BCUT2D eigenvalue weighted by molar-refractivity contribution is 5.75. The molecule has 0 aliphatic heterocycles. The smallest absolute Gasteiger partial charge is 0.323 e. The van der Waals surface area contributed by atoms with Gasteiger partial charge in [-0.2, -0.15) is 0 Å². The molecule has 1 unspecified atom stereocenters. The summed E-state index contributed by atoms with van der Waals surface area (Å²) in [4.78, 5) is 11.6. The summed E-state index contributed by atoms with van der Waals surface area (Å²) in [5, 5.41) is 3.32. The van der Waals surface area contributed by atoms with E-state index in [2.05, 4.69) is 12.2 Å². The Morgan fingerprint density at radius 2 is 1.94 bits per heavy atom. The number of carbonyl (C=O) groups excluding carboxylic acids is 1. The second-order valence-electron chi connectivity index (χ2n) is 5.39. The van der Waals surface area contributed by atoms with E-state index in [-0.39, 0.29) is 5.97 Å². The number of esters is 1. The second-order valence-corrected chi connectivity index (χ2v) is 5.39. The standard InChI is InChI=1S/C13H28N2O2/c1-5-9-15-10-7-6-8-11(14)12(16)17-13(2,3)4/h11,15H,5-10,14H2,1-4H3. The average molecular weight is 244 g/mol. The Morgan fingerprint density at radius 1 is 1.29 bits per heavy atom. The Balaban J connectivity index is 3.58. The lowest BCUT2D eigenvalue weighted by Crippen LogP contribution is -2.37. The van der Waals surface area contributed by atoms with Crippen LogP contribution in [0.5, 0.6) is 0 Å². The molecule has 0 radical (unpaired) electrons. The van der Waals surface area contributed by atoms with Crippen molar-refractivity contribution in [1.82, 2.24) is 5.32 Å². The Labute approximate surface area is 105 Å². The SMILES string of the molecule is CCCNCCCCC(N)C(=O)OC(C)(C)C. The molecule has 0 bridgehead atoms. The highest BCUT2D eigenvalue weighted by Crippen LogP contribution is 2.10. The summed E-state index contributed by atoms with van der Waals surface area (Å²) < 4.78 is 5.22. The third-order valence-electron chi connectivity index (χ3n) is 2.25. The van der Waals surface area contributed by atoms with Gasteiger partial charge in [-0.1, -0.05) is 13.3 Å². The maximum Gasteiger partial charge on any atom is 0.323 e. The van der Waals surface area contributed by atoms with Crippen LogP contribution in [0.25, 0.3) is 0 Å². The van der Waals surface area contributed by atoms with Gasteiger partial charge in [-0.25, -0.2) is 0 Å². The van der Waals surface area contributed by atoms with E-state index in [4.69, 9.17) is 10.5 Å². The number of unbranched alkanes of at least 4 members (excludes halogenated alkanes) is 1. The van der Waals surface area contributed by atoms with Gasteiger partial charge in [-0.15, -0.1) is 0 Å². The lowest BCUT2D eigenvalue weighted by atomic mass is 10.1. The van der Waals surface area contributed by atoms with Gasteiger partial charge >= 0.3 is 5.97 Å². The van der Waals surface area contributed by atoms with Crippen molar-refractivity contribution in [2.45, 2.75) is 65.0 Å². The topological polar surface area (TPSA) is 64.3 Å². The normalized spacial score (nSPS) is 13.5. The van der Waals surface area contributed by atoms with Crippen molar-refractivity contribution in [2.24, 2.45) is 5.73 Å². The first kappa shape index (κ1) is 16.4. The van der Waals surface area contributed by atoms with Gasteiger partial charge < -0.3 is 15.8 Å². The van der Waals surface area contributed by atoms with Crippen LogP contribution in [0.3, 0.4) is 0 Å². The summed E-state index contributed by atoms with van der Waals surface area (Å²) >= 11 is 0. The minimum atomic E-state index is -0.486. The zero-order chi connectivity index (χ0) is 13.3. The molecule has 0 saturated heterocycles. The highest BCUT2D eigenvalue weighted by atomic mass is 16.6. The number of hydrogen-bond acceptors (Lipinski definition) is 4.